The topological polar surface area (TPSA) is 32.3 Å². The summed E-state index contributed by atoms with van der Waals surface area (Å²) >= 11 is 1.87. The van der Waals surface area contributed by atoms with Crippen molar-refractivity contribution in [3.05, 3.63) is 0 Å². The molecule has 0 aliphatic carbocycles. The highest BCUT2D eigenvalue weighted by Gasteiger charge is 2.28. The van der Waals surface area contributed by atoms with Gasteiger partial charge in [0.15, 0.2) is 0 Å². The van der Waals surface area contributed by atoms with E-state index in [-0.39, 0.29) is 0 Å². The molecule has 2 aliphatic heterocycles. The third kappa shape index (κ3) is 3.89. The van der Waals surface area contributed by atoms with Crippen LogP contribution >= 0.6 is 11.8 Å². The van der Waals surface area contributed by atoms with E-state index in [0.29, 0.717) is 22.8 Å². The zero-order valence-electron chi connectivity index (χ0n) is 11.7. The van der Waals surface area contributed by atoms with Crippen LogP contribution in [0.2, 0.25) is 0 Å². The number of nitrogens with one attached hydrogen (secondary N) is 1. The first-order chi connectivity index (χ1) is 8.66. The number of carbonyl (C=O) groups excluding carboxylic acids is 1. The van der Waals surface area contributed by atoms with Gasteiger partial charge in [0.25, 0.3) is 0 Å². The van der Waals surface area contributed by atoms with Crippen molar-refractivity contribution in [2.75, 3.05) is 31.9 Å². The van der Waals surface area contributed by atoms with Crippen molar-refractivity contribution >= 4 is 17.7 Å². The van der Waals surface area contributed by atoms with Gasteiger partial charge in [-0.3, -0.25) is 4.79 Å². The average Bonchev–Trinajstić information content (AvgIpc) is 2.87. The van der Waals surface area contributed by atoms with Gasteiger partial charge in [0.05, 0.1) is 5.75 Å². The van der Waals surface area contributed by atoms with Crippen molar-refractivity contribution in [2.45, 2.75) is 38.4 Å². The quantitative estimate of drug-likeness (QED) is 0.848. The number of amides is 1. The summed E-state index contributed by atoms with van der Waals surface area (Å²) in [4.78, 5) is 14.2. The molecule has 1 unspecified atom stereocenters. The molecule has 4 heteroatoms. The van der Waals surface area contributed by atoms with Crippen LogP contribution < -0.4 is 5.32 Å². The molecule has 2 saturated heterocycles. The van der Waals surface area contributed by atoms with Crippen LogP contribution in [-0.2, 0) is 4.79 Å². The molecule has 0 saturated carbocycles. The third-order valence-electron chi connectivity index (χ3n) is 4.25. The van der Waals surface area contributed by atoms with Crippen molar-refractivity contribution < 1.29 is 4.79 Å². The largest absolute Gasteiger partial charge is 0.342 e. The summed E-state index contributed by atoms with van der Waals surface area (Å²) in [5.74, 6) is 2.48. The Hall–Kier alpha value is -0.220. The van der Waals surface area contributed by atoms with E-state index >= 15 is 0 Å². The average molecular weight is 270 g/mol. The number of hydrogen-bond acceptors (Lipinski definition) is 3. The van der Waals surface area contributed by atoms with Crippen LogP contribution in [0.15, 0.2) is 0 Å². The molecule has 0 radical (unpaired) electrons. The van der Waals surface area contributed by atoms with Crippen LogP contribution in [0.4, 0.5) is 0 Å². The van der Waals surface area contributed by atoms with Crippen molar-refractivity contribution in [2.24, 2.45) is 11.8 Å². The van der Waals surface area contributed by atoms with E-state index in [4.69, 9.17) is 0 Å². The highest BCUT2D eigenvalue weighted by molar-refractivity contribution is 8.00. The minimum Gasteiger partial charge on any atom is -0.342 e. The summed E-state index contributed by atoms with van der Waals surface area (Å²) in [6.45, 7) is 8.73. The van der Waals surface area contributed by atoms with E-state index in [2.05, 4.69) is 24.1 Å². The number of carbonyl (C=O) groups is 1. The SMILES string of the molecule is CC(C)C1CCN(C(=O)CSC2CCNCC2)C1. The molecule has 0 bridgehead atoms. The van der Waals surface area contributed by atoms with Gasteiger partial charge < -0.3 is 10.2 Å². The molecule has 2 aliphatic rings. The molecular formula is C14H26N2OS. The fraction of sp³-hybridized carbons (Fsp3) is 0.929. The summed E-state index contributed by atoms with van der Waals surface area (Å²) in [7, 11) is 0. The Bertz CT molecular complexity index is 277. The second-order valence-corrected chi connectivity index (χ2v) is 7.18. The Labute approximate surface area is 115 Å². The summed E-state index contributed by atoms with van der Waals surface area (Å²) in [5.41, 5.74) is 0. The molecule has 1 amide bonds. The zero-order valence-corrected chi connectivity index (χ0v) is 12.5. The first-order valence-electron chi connectivity index (χ1n) is 7.27. The van der Waals surface area contributed by atoms with Crippen molar-refractivity contribution in [1.29, 1.82) is 0 Å². The maximum Gasteiger partial charge on any atom is 0.232 e. The number of likely N-dealkylation sites (tertiary alicyclic amines) is 1. The maximum atomic E-state index is 12.1. The Balaban J connectivity index is 1.68. The first kappa shape index (κ1) is 14.2. The lowest BCUT2D eigenvalue weighted by molar-refractivity contribution is -0.127. The predicted molar refractivity (Wildman–Crippen MR) is 77.9 cm³/mol. The van der Waals surface area contributed by atoms with Gasteiger partial charge >= 0.3 is 0 Å². The molecule has 1 atom stereocenters. The van der Waals surface area contributed by atoms with E-state index in [1.165, 1.54) is 19.3 Å². The number of nitrogens with zero attached hydrogens (tertiary/aromatic N) is 1. The standard InChI is InChI=1S/C14H26N2OS/c1-11(2)12-5-8-16(9-12)14(17)10-18-13-3-6-15-7-4-13/h11-13,15H,3-10H2,1-2H3. The predicted octanol–water partition coefficient (Wildman–Crippen LogP) is 1.98. The van der Waals surface area contributed by atoms with Crippen LogP contribution in [0, 0.1) is 11.8 Å². The lowest BCUT2D eigenvalue weighted by atomic mass is 9.95. The Morgan fingerprint density at radius 1 is 1.33 bits per heavy atom. The Morgan fingerprint density at radius 3 is 2.67 bits per heavy atom. The van der Waals surface area contributed by atoms with Crippen LogP contribution in [0.25, 0.3) is 0 Å². The number of piperidine rings is 1. The van der Waals surface area contributed by atoms with Crippen LogP contribution in [0.3, 0.4) is 0 Å². The van der Waals surface area contributed by atoms with Gasteiger partial charge in [-0.15, -0.1) is 11.8 Å². The molecule has 2 heterocycles. The summed E-state index contributed by atoms with van der Waals surface area (Å²) in [6, 6.07) is 0. The Kier molecular flexibility index (Phi) is 5.37. The fourth-order valence-electron chi connectivity index (χ4n) is 2.80. The second kappa shape index (κ2) is 6.80. The summed E-state index contributed by atoms with van der Waals surface area (Å²) in [6.07, 6.45) is 3.63. The molecule has 3 nitrogen and oxygen atoms in total. The van der Waals surface area contributed by atoms with E-state index in [1.807, 2.05) is 11.8 Å². The lowest BCUT2D eigenvalue weighted by Gasteiger charge is -2.23. The van der Waals surface area contributed by atoms with Gasteiger partial charge in [0.1, 0.15) is 0 Å². The minimum atomic E-state index is 0.363. The van der Waals surface area contributed by atoms with E-state index in [9.17, 15) is 4.79 Å². The van der Waals surface area contributed by atoms with Gasteiger partial charge in [-0.2, -0.15) is 0 Å². The number of hydrogen-bond donors (Lipinski definition) is 1. The third-order valence-corrected chi connectivity index (χ3v) is 5.61. The van der Waals surface area contributed by atoms with Crippen LogP contribution in [0.5, 0.6) is 0 Å². The summed E-state index contributed by atoms with van der Waals surface area (Å²) in [5, 5.41) is 4.06. The van der Waals surface area contributed by atoms with Crippen molar-refractivity contribution in [1.82, 2.24) is 10.2 Å². The molecule has 0 aromatic heterocycles. The molecule has 0 spiro atoms. The normalized spacial score (nSPS) is 25.9. The summed E-state index contributed by atoms with van der Waals surface area (Å²) < 4.78 is 0. The van der Waals surface area contributed by atoms with Crippen LogP contribution in [-0.4, -0.2) is 48.0 Å². The van der Waals surface area contributed by atoms with Crippen LogP contribution in [0.1, 0.15) is 33.1 Å². The van der Waals surface area contributed by atoms with Crippen molar-refractivity contribution in [3.63, 3.8) is 0 Å². The molecule has 0 aromatic rings. The maximum absolute atomic E-state index is 12.1. The molecule has 18 heavy (non-hydrogen) atoms. The monoisotopic (exact) mass is 270 g/mol. The molecule has 0 aromatic carbocycles. The lowest BCUT2D eigenvalue weighted by Crippen LogP contribution is -2.33. The van der Waals surface area contributed by atoms with Gasteiger partial charge in [-0.05, 0) is 44.2 Å². The van der Waals surface area contributed by atoms with E-state index in [0.717, 1.165) is 32.1 Å². The number of rotatable bonds is 4. The molecule has 2 rings (SSSR count). The smallest absolute Gasteiger partial charge is 0.232 e. The van der Waals surface area contributed by atoms with Gasteiger partial charge in [0, 0.05) is 18.3 Å². The van der Waals surface area contributed by atoms with Gasteiger partial charge in [0.2, 0.25) is 5.91 Å². The molecular weight excluding hydrogens is 244 g/mol. The van der Waals surface area contributed by atoms with E-state index in [1.54, 1.807) is 0 Å². The zero-order chi connectivity index (χ0) is 13.0. The van der Waals surface area contributed by atoms with Crippen molar-refractivity contribution in [3.8, 4) is 0 Å². The van der Waals surface area contributed by atoms with Gasteiger partial charge in [-0.1, -0.05) is 13.8 Å². The fourth-order valence-corrected chi connectivity index (χ4v) is 3.93. The Morgan fingerprint density at radius 2 is 2.06 bits per heavy atom. The van der Waals surface area contributed by atoms with E-state index < -0.39 is 0 Å². The first-order valence-corrected chi connectivity index (χ1v) is 8.32. The highest BCUT2D eigenvalue weighted by Crippen LogP contribution is 2.25. The second-order valence-electron chi connectivity index (χ2n) is 5.89. The minimum absolute atomic E-state index is 0.363. The van der Waals surface area contributed by atoms with Gasteiger partial charge in [-0.25, -0.2) is 0 Å². The molecule has 104 valence electrons. The highest BCUT2D eigenvalue weighted by atomic mass is 32.2. The number of thioether (sulfide) groups is 1. The molecule has 1 N–H and O–H groups in total. The molecule has 2 fully saturated rings.